The van der Waals surface area contributed by atoms with E-state index in [9.17, 15) is 14.3 Å². The first-order valence-corrected chi connectivity index (χ1v) is 14.8. The third-order valence-electron chi connectivity index (χ3n) is 8.40. The fourth-order valence-electron chi connectivity index (χ4n) is 6.34. The zero-order valence-electron chi connectivity index (χ0n) is 24.3. The fraction of sp³-hybridized carbons (Fsp3) is 0.364. The van der Waals surface area contributed by atoms with Crippen molar-refractivity contribution in [2.24, 2.45) is 0 Å². The van der Waals surface area contributed by atoms with Gasteiger partial charge in [0.1, 0.15) is 23.4 Å². The molecular formula is C33H37FN6O3. The Morgan fingerprint density at radius 2 is 1.84 bits per heavy atom. The number of amides is 1. The molecule has 2 aromatic carbocycles. The van der Waals surface area contributed by atoms with E-state index in [-0.39, 0.29) is 11.9 Å². The van der Waals surface area contributed by atoms with E-state index in [1.807, 2.05) is 54.2 Å². The van der Waals surface area contributed by atoms with Gasteiger partial charge in [-0.2, -0.15) is 5.10 Å². The molecule has 2 aromatic heterocycles. The van der Waals surface area contributed by atoms with Gasteiger partial charge in [0.05, 0.1) is 11.2 Å². The second kappa shape index (κ2) is 12.4. The Hall–Kier alpha value is -4.44. The van der Waals surface area contributed by atoms with Crippen LogP contribution in [-0.4, -0.2) is 80.1 Å². The standard InChI is InChI=1S/C33H37FN6O3/c1-33(22-25-7-3-2-4-8-25)24-37(19-20-39(33)32(41)42)23-27-12-18-40(36-27)30-11-6-15-35-31(30)38-16-13-28(14-17-38)43-29-10-5-9-26(34)21-29/h2-12,15,18,21,28H,13-14,16-17,19-20,22-24H2,1H3,(H,41,42)/t33-/m0/s1. The molecule has 4 heterocycles. The minimum atomic E-state index is -0.879. The Balaban J connectivity index is 1.11. The summed E-state index contributed by atoms with van der Waals surface area (Å²) in [5, 5.41) is 14.9. The Bertz CT molecular complexity index is 1540. The third-order valence-corrected chi connectivity index (χ3v) is 8.40. The number of hydrogen-bond donors (Lipinski definition) is 1. The number of rotatable bonds is 8. The number of piperidine rings is 1. The molecule has 4 aromatic rings. The zero-order valence-corrected chi connectivity index (χ0v) is 24.3. The predicted molar refractivity (Wildman–Crippen MR) is 162 cm³/mol. The first-order valence-electron chi connectivity index (χ1n) is 14.8. The van der Waals surface area contributed by atoms with Gasteiger partial charge in [0, 0.05) is 70.6 Å². The van der Waals surface area contributed by atoms with Crippen molar-refractivity contribution >= 4 is 11.9 Å². The lowest BCUT2D eigenvalue weighted by molar-refractivity contribution is 0.0127. The highest BCUT2D eigenvalue weighted by atomic mass is 19.1. The summed E-state index contributed by atoms with van der Waals surface area (Å²) in [4.78, 5) is 23.0. The average molecular weight is 585 g/mol. The molecule has 0 unspecified atom stereocenters. The maximum absolute atomic E-state index is 13.6. The van der Waals surface area contributed by atoms with E-state index in [2.05, 4.69) is 21.9 Å². The Labute approximate surface area is 251 Å². The van der Waals surface area contributed by atoms with Gasteiger partial charge in [-0.1, -0.05) is 36.4 Å². The summed E-state index contributed by atoms with van der Waals surface area (Å²) in [7, 11) is 0. The second-order valence-corrected chi connectivity index (χ2v) is 11.7. The first-order chi connectivity index (χ1) is 20.9. The van der Waals surface area contributed by atoms with E-state index in [0.29, 0.717) is 38.3 Å². The molecule has 2 aliphatic rings. The van der Waals surface area contributed by atoms with Crippen LogP contribution in [-0.2, 0) is 13.0 Å². The molecule has 0 spiro atoms. The van der Waals surface area contributed by atoms with E-state index in [0.717, 1.165) is 48.7 Å². The monoisotopic (exact) mass is 584 g/mol. The highest BCUT2D eigenvalue weighted by Gasteiger charge is 2.40. The van der Waals surface area contributed by atoms with Crippen LogP contribution in [0.3, 0.4) is 0 Å². The van der Waals surface area contributed by atoms with Gasteiger partial charge in [-0.15, -0.1) is 0 Å². The first kappa shape index (κ1) is 28.7. The van der Waals surface area contributed by atoms with Crippen molar-refractivity contribution in [1.82, 2.24) is 24.6 Å². The minimum absolute atomic E-state index is 0.0238. The summed E-state index contributed by atoms with van der Waals surface area (Å²) in [5.74, 6) is 1.13. The molecule has 0 bridgehead atoms. The largest absolute Gasteiger partial charge is 0.490 e. The highest BCUT2D eigenvalue weighted by molar-refractivity contribution is 5.66. The highest BCUT2D eigenvalue weighted by Crippen LogP contribution is 2.29. The summed E-state index contributed by atoms with van der Waals surface area (Å²) in [6, 6.07) is 22.3. The minimum Gasteiger partial charge on any atom is -0.490 e. The molecule has 1 atom stereocenters. The number of benzene rings is 2. The summed E-state index contributed by atoms with van der Waals surface area (Å²) >= 11 is 0. The number of aromatic nitrogens is 3. The number of halogens is 1. The molecule has 9 nitrogen and oxygen atoms in total. The van der Waals surface area contributed by atoms with E-state index < -0.39 is 11.6 Å². The van der Waals surface area contributed by atoms with Gasteiger partial charge in [0.15, 0.2) is 5.82 Å². The molecule has 43 heavy (non-hydrogen) atoms. The van der Waals surface area contributed by atoms with Crippen LogP contribution in [0.4, 0.5) is 15.0 Å². The molecule has 10 heteroatoms. The Morgan fingerprint density at radius 1 is 1.02 bits per heavy atom. The number of hydrogen-bond acceptors (Lipinski definition) is 6. The molecule has 2 saturated heterocycles. The van der Waals surface area contributed by atoms with Crippen molar-refractivity contribution in [3.8, 4) is 11.4 Å². The zero-order chi connectivity index (χ0) is 29.8. The van der Waals surface area contributed by atoms with Gasteiger partial charge in [0.25, 0.3) is 0 Å². The van der Waals surface area contributed by atoms with Crippen molar-refractivity contribution in [2.45, 2.75) is 44.4 Å². The Kier molecular flexibility index (Phi) is 8.29. The van der Waals surface area contributed by atoms with Crippen LogP contribution in [0.1, 0.15) is 31.0 Å². The molecule has 6 rings (SSSR count). The van der Waals surface area contributed by atoms with Crippen LogP contribution in [0.5, 0.6) is 5.75 Å². The number of carbonyl (C=O) groups is 1. The van der Waals surface area contributed by atoms with E-state index in [1.54, 1.807) is 23.2 Å². The van der Waals surface area contributed by atoms with Crippen LogP contribution >= 0.6 is 0 Å². The number of pyridine rings is 1. The Morgan fingerprint density at radius 3 is 2.60 bits per heavy atom. The van der Waals surface area contributed by atoms with Crippen LogP contribution < -0.4 is 9.64 Å². The van der Waals surface area contributed by atoms with Crippen molar-refractivity contribution < 1.29 is 19.0 Å². The maximum atomic E-state index is 13.6. The average Bonchev–Trinajstić information content (AvgIpc) is 3.46. The van der Waals surface area contributed by atoms with Crippen molar-refractivity contribution in [3.05, 3.63) is 102 Å². The maximum Gasteiger partial charge on any atom is 0.407 e. The summed E-state index contributed by atoms with van der Waals surface area (Å²) < 4.78 is 21.5. The molecule has 1 amide bonds. The molecule has 2 fully saturated rings. The van der Waals surface area contributed by atoms with Gasteiger partial charge in [-0.25, -0.2) is 18.9 Å². The second-order valence-electron chi connectivity index (χ2n) is 11.7. The molecular weight excluding hydrogens is 547 g/mol. The number of nitrogens with zero attached hydrogens (tertiary/aromatic N) is 6. The normalized spacial score (nSPS) is 19.9. The van der Waals surface area contributed by atoms with Gasteiger partial charge in [-0.3, -0.25) is 4.90 Å². The molecule has 0 radical (unpaired) electrons. The van der Waals surface area contributed by atoms with Crippen molar-refractivity contribution in [2.75, 3.05) is 37.6 Å². The third kappa shape index (κ3) is 6.64. The molecule has 0 aliphatic carbocycles. The molecule has 224 valence electrons. The van der Waals surface area contributed by atoms with E-state index in [1.165, 1.54) is 12.1 Å². The number of carboxylic acid groups (broad SMARTS) is 1. The van der Waals surface area contributed by atoms with E-state index in [4.69, 9.17) is 14.8 Å². The summed E-state index contributed by atoms with van der Waals surface area (Å²) in [6.45, 7) is 5.92. The van der Waals surface area contributed by atoms with Gasteiger partial charge in [-0.05, 0) is 49.2 Å². The fourth-order valence-corrected chi connectivity index (χ4v) is 6.34. The van der Waals surface area contributed by atoms with Crippen LogP contribution in [0.2, 0.25) is 0 Å². The van der Waals surface area contributed by atoms with Crippen LogP contribution in [0.15, 0.2) is 85.2 Å². The molecule has 2 aliphatic heterocycles. The SMILES string of the molecule is C[C@]1(Cc2ccccc2)CN(Cc2ccn(-c3cccnc3N3CCC(Oc4cccc(F)c4)CC3)n2)CCN1C(=O)O. The van der Waals surface area contributed by atoms with Crippen LogP contribution in [0, 0.1) is 5.82 Å². The molecule has 1 N–H and O–H groups in total. The van der Waals surface area contributed by atoms with Crippen molar-refractivity contribution in [1.29, 1.82) is 0 Å². The molecule has 0 saturated carbocycles. The van der Waals surface area contributed by atoms with Crippen LogP contribution in [0.25, 0.3) is 5.69 Å². The quantitative estimate of drug-likeness (QED) is 0.303. The predicted octanol–water partition coefficient (Wildman–Crippen LogP) is 5.25. The van der Waals surface area contributed by atoms with Gasteiger partial charge >= 0.3 is 6.09 Å². The summed E-state index contributed by atoms with van der Waals surface area (Å²) in [5.41, 5.74) is 2.40. The van der Waals surface area contributed by atoms with Gasteiger partial charge < -0.3 is 19.6 Å². The lowest BCUT2D eigenvalue weighted by atomic mass is 9.88. The van der Waals surface area contributed by atoms with E-state index >= 15 is 0 Å². The lowest BCUT2D eigenvalue weighted by Crippen LogP contribution is -2.63. The lowest BCUT2D eigenvalue weighted by Gasteiger charge is -2.47. The summed E-state index contributed by atoms with van der Waals surface area (Å²) in [6.07, 6.45) is 5.17. The smallest absolute Gasteiger partial charge is 0.407 e. The number of piperazine rings is 1. The number of ether oxygens (including phenoxy) is 1. The van der Waals surface area contributed by atoms with Crippen molar-refractivity contribution in [3.63, 3.8) is 0 Å². The number of anilines is 1. The topological polar surface area (TPSA) is 87.0 Å². The van der Waals surface area contributed by atoms with Gasteiger partial charge in [0.2, 0.25) is 0 Å².